The molecule has 1 N–H and O–H groups in total. The summed E-state index contributed by atoms with van der Waals surface area (Å²) in [6.07, 6.45) is 0.767. The Balaban J connectivity index is 2.46. The van der Waals surface area contributed by atoms with Crippen LogP contribution in [0.3, 0.4) is 0 Å². The zero-order chi connectivity index (χ0) is 13.1. The topological polar surface area (TPSA) is 45.8 Å². The van der Waals surface area contributed by atoms with Gasteiger partial charge in [0.2, 0.25) is 0 Å². The number of rotatable bonds is 3. The summed E-state index contributed by atoms with van der Waals surface area (Å²) in [5.74, 6) is 1.10. The standard InChI is InChI=1S/C15H18N2O/c1-10(2)9-13-11(3)16-14(17-15(13)18)12-7-5-4-6-8-12/h4-8,10H,9H2,1-3H3,(H,16,17,18). The minimum Gasteiger partial charge on any atom is -0.306 e. The van der Waals surface area contributed by atoms with Crippen molar-refractivity contribution in [1.29, 1.82) is 0 Å². The Morgan fingerprint density at radius 3 is 2.44 bits per heavy atom. The van der Waals surface area contributed by atoms with E-state index >= 15 is 0 Å². The summed E-state index contributed by atoms with van der Waals surface area (Å²) in [7, 11) is 0. The Labute approximate surface area is 107 Å². The van der Waals surface area contributed by atoms with E-state index in [4.69, 9.17) is 0 Å². The fraction of sp³-hybridized carbons (Fsp3) is 0.333. The first-order valence-electron chi connectivity index (χ1n) is 6.23. The van der Waals surface area contributed by atoms with Crippen LogP contribution in [-0.2, 0) is 6.42 Å². The van der Waals surface area contributed by atoms with Gasteiger partial charge in [-0.1, -0.05) is 44.2 Å². The smallest absolute Gasteiger partial charge is 0.254 e. The average Bonchev–Trinajstić information content (AvgIpc) is 2.34. The van der Waals surface area contributed by atoms with Crippen LogP contribution in [0.1, 0.15) is 25.1 Å². The van der Waals surface area contributed by atoms with Gasteiger partial charge in [0.25, 0.3) is 5.56 Å². The Kier molecular flexibility index (Phi) is 3.60. The molecule has 0 atom stereocenters. The van der Waals surface area contributed by atoms with Crippen molar-refractivity contribution in [2.45, 2.75) is 27.2 Å². The predicted octanol–water partition coefficient (Wildman–Crippen LogP) is 2.94. The van der Waals surface area contributed by atoms with E-state index in [1.165, 1.54) is 0 Å². The zero-order valence-corrected chi connectivity index (χ0v) is 11.0. The van der Waals surface area contributed by atoms with Crippen molar-refractivity contribution in [2.24, 2.45) is 5.92 Å². The first-order chi connectivity index (χ1) is 8.58. The Hall–Kier alpha value is -1.90. The van der Waals surface area contributed by atoms with E-state index in [0.717, 1.165) is 23.2 Å². The van der Waals surface area contributed by atoms with Crippen LogP contribution in [0, 0.1) is 12.8 Å². The molecule has 0 aliphatic carbocycles. The number of nitrogens with one attached hydrogen (secondary N) is 1. The van der Waals surface area contributed by atoms with Crippen molar-refractivity contribution in [3.63, 3.8) is 0 Å². The Morgan fingerprint density at radius 2 is 1.89 bits per heavy atom. The summed E-state index contributed by atoms with van der Waals surface area (Å²) in [6.45, 7) is 6.10. The molecule has 0 radical (unpaired) electrons. The molecule has 0 amide bonds. The van der Waals surface area contributed by atoms with Gasteiger partial charge >= 0.3 is 0 Å². The molecule has 0 saturated heterocycles. The van der Waals surface area contributed by atoms with Crippen molar-refractivity contribution < 1.29 is 0 Å². The molecule has 94 valence electrons. The largest absolute Gasteiger partial charge is 0.306 e. The monoisotopic (exact) mass is 242 g/mol. The second-order valence-electron chi connectivity index (χ2n) is 4.94. The van der Waals surface area contributed by atoms with E-state index in [-0.39, 0.29) is 5.56 Å². The van der Waals surface area contributed by atoms with Crippen molar-refractivity contribution in [2.75, 3.05) is 0 Å². The van der Waals surface area contributed by atoms with Gasteiger partial charge in [0.05, 0.1) is 0 Å². The summed E-state index contributed by atoms with van der Waals surface area (Å²) in [5.41, 5.74) is 2.54. The molecule has 0 saturated carbocycles. The minimum atomic E-state index is -0.0185. The molecule has 2 aromatic rings. The summed E-state index contributed by atoms with van der Waals surface area (Å²) in [6, 6.07) is 9.71. The number of aryl methyl sites for hydroxylation is 1. The highest BCUT2D eigenvalue weighted by molar-refractivity contribution is 5.54. The van der Waals surface area contributed by atoms with Gasteiger partial charge in [0.1, 0.15) is 5.82 Å². The van der Waals surface area contributed by atoms with Gasteiger partial charge in [-0.05, 0) is 19.3 Å². The Morgan fingerprint density at radius 1 is 1.22 bits per heavy atom. The molecule has 1 heterocycles. The van der Waals surface area contributed by atoms with Crippen LogP contribution in [0.25, 0.3) is 11.4 Å². The SMILES string of the molecule is Cc1nc(-c2ccccc2)[nH]c(=O)c1CC(C)C. The number of benzene rings is 1. The van der Waals surface area contributed by atoms with E-state index < -0.39 is 0 Å². The highest BCUT2D eigenvalue weighted by atomic mass is 16.1. The number of hydrogen-bond acceptors (Lipinski definition) is 2. The van der Waals surface area contributed by atoms with Gasteiger partial charge in [0.15, 0.2) is 0 Å². The maximum Gasteiger partial charge on any atom is 0.254 e. The summed E-state index contributed by atoms with van der Waals surface area (Å²) < 4.78 is 0. The second-order valence-corrected chi connectivity index (χ2v) is 4.94. The van der Waals surface area contributed by atoms with Crippen molar-refractivity contribution >= 4 is 0 Å². The van der Waals surface area contributed by atoms with Gasteiger partial charge in [-0.25, -0.2) is 4.98 Å². The highest BCUT2D eigenvalue weighted by Crippen LogP contribution is 2.14. The lowest BCUT2D eigenvalue weighted by molar-refractivity contribution is 0.636. The molecular weight excluding hydrogens is 224 g/mol. The summed E-state index contributed by atoms with van der Waals surface area (Å²) >= 11 is 0. The molecule has 1 aromatic carbocycles. The maximum absolute atomic E-state index is 12.1. The zero-order valence-electron chi connectivity index (χ0n) is 11.0. The van der Waals surface area contributed by atoms with Crippen LogP contribution < -0.4 is 5.56 Å². The lowest BCUT2D eigenvalue weighted by atomic mass is 10.0. The van der Waals surface area contributed by atoms with Gasteiger partial charge in [0, 0.05) is 16.8 Å². The molecule has 18 heavy (non-hydrogen) atoms. The van der Waals surface area contributed by atoms with Gasteiger partial charge in [-0.2, -0.15) is 0 Å². The minimum absolute atomic E-state index is 0.0185. The molecule has 0 fully saturated rings. The second kappa shape index (κ2) is 5.17. The number of H-pyrrole nitrogens is 1. The molecule has 1 aromatic heterocycles. The van der Waals surface area contributed by atoms with Gasteiger partial charge in [-0.3, -0.25) is 4.79 Å². The normalized spacial score (nSPS) is 10.9. The van der Waals surface area contributed by atoms with Crippen molar-refractivity contribution in [1.82, 2.24) is 9.97 Å². The molecule has 0 aliphatic rings. The first kappa shape index (κ1) is 12.6. The van der Waals surface area contributed by atoms with Crippen LogP contribution >= 0.6 is 0 Å². The van der Waals surface area contributed by atoms with Crippen molar-refractivity contribution in [3.05, 3.63) is 51.9 Å². The molecule has 0 unspecified atom stereocenters. The number of aromatic amines is 1. The van der Waals surface area contributed by atoms with Crippen LogP contribution in [0.4, 0.5) is 0 Å². The fourth-order valence-electron chi connectivity index (χ4n) is 1.99. The molecule has 3 nitrogen and oxygen atoms in total. The van der Waals surface area contributed by atoms with Crippen LogP contribution in [0.2, 0.25) is 0 Å². The van der Waals surface area contributed by atoms with E-state index in [1.807, 2.05) is 37.3 Å². The highest BCUT2D eigenvalue weighted by Gasteiger charge is 2.10. The number of hydrogen-bond donors (Lipinski definition) is 1. The third kappa shape index (κ3) is 2.67. The van der Waals surface area contributed by atoms with E-state index in [1.54, 1.807) is 0 Å². The van der Waals surface area contributed by atoms with E-state index in [2.05, 4.69) is 23.8 Å². The van der Waals surface area contributed by atoms with Crippen molar-refractivity contribution in [3.8, 4) is 11.4 Å². The third-order valence-electron chi connectivity index (χ3n) is 2.88. The lowest BCUT2D eigenvalue weighted by Crippen LogP contribution is -2.19. The van der Waals surface area contributed by atoms with Gasteiger partial charge < -0.3 is 4.98 Å². The van der Waals surface area contributed by atoms with E-state index in [9.17, 15) is 4.79 Å². The summed E-state index contributed by atoms with van der Waals surface area (Å²) in [5, 5.41) is 0. The molecule has 0 aliphatic heterocycles. The van der Waals surface area contributed by atoms with Crippen LogP contribution in [0.15, 0.2) is 35.1 Å². The predicted molar refractivity (Wildman–Crippen MR) is 73.6 cm³/mol. The molecule has 2 rings (SSSR count). The molecule has 0 bridgehead atoms. The molecule has 3 heteroatoms. The number of nitrogens with zero attached hydrogens (tertiary/aromatic N) is 1. The molecule has 0 spiro atoms. The lowest BCUT2D eigenvalue weighted by Gasteiger charge is -2.09. The number of aromatic nitrogens is 2. The fourth-order valence-corrected chi connectivity index (χ4v) is 1.99. The maximum atomic E-state index is 12.1. The first-order valence-corrected chi connectivity index (χ1v) is 6.23. The van der Waals surface area contributed by atoms with E-state index in [0.29, 0.717) is 11.7 Å². The van der Waals surface area contributed by atoms with Crippen LogP contribution in [-0.4, -0.2) is 9.97 Å². The molecular formula is C15H18N2O. The van der Waals surface area contributed by atoms with Gasteiger partial charge in [-0.15, -0.1) is 0 Å². The average molecular weight is 242 g/mol. The van der Waals surface area contributed by atoms with Crippen LogP contribution in [0.5, 0.6) is 0 Å². The third-order valence-corrected chi connectivity index (χ3v) is 2.88. The Bertz CT molecular complexity index is 585. The quantitative estimate of drug-likeness (QED) is 0.899. The summed E-state index contributed by atoms with van der Waals surface area (Å²) in [4.78, 5) is 19.4.